The summed E-state index contributed by atoms with van der Waals surface area (Å²) in [5, 5.41) is 5.08. The fourth-order valence-corrected chi connectivity index (χ4v) is 2.11. The van der Waals surface area contributed by atoms with Gasteiger partial charge >= 0.3 is 0 Å². The van der Waals surface area contributed by atoms with Gasteiger partial charge in [0, 0.05) is 15.7 Å². The highest BCUT2D eigenvalue weighted by Crippen LogP contribution is 2.21. The number of hydrogen-bond acceptors (Lipinski definition) is 1. The van der Waals surface area contributed by atoms with E-state index in [4.69, 9.17) is 11.6 Å². The molecule has 4 heteroatoms. The first-order valence-corrected chi connectivity index (χ1v) is 5.76. The molecule has 1 heterocycles. The molecule has 15 heavy (non-hydrogen) atoms. The normalized spacial score (nSPS) is 10.6. The van der Waals surface area contributed by atoms with Crippen molar-refractivity contribution < 1.29 is 0 Å². The van der Waals surface area contributed by atoms with Crippen molar-refractivity contribution in [3.05, 3.63) is 51.2 Å². The molecule has 0 radical (unpaired) electrons. The Morgan fingerprint density at radius 2 is 2.20 bits per heavy atom. The van der Waals surface area contributed by atoms with Crippen LogP contribution in [0.3, 0.4) is 0 Å². The molecule has 1 aromatic carbocycles. The summed E-state index contributed by atoms with van der Waals surface area (Å²) in [5.74, 6) is 0. The molecule has 0 aliphatic heterocycles. The molecule has 0 saturated heterocycles. The molecule has 0 atom stereocenters. The molecule has 0 aliphatic carbocycles. The van der Waals surface area contributed by atoms with Gasteiger partial charge in [-0.1, -0.05) is 33.6 Å². The Kier molecular flexibility index (Phi) is 3.12. The Bertz CT molecular complexity index is 479. The summed E-state index contributed by atoms with van der Waals surface area (Å²) in [4.78, 5) is 0. The van der Waals surface area contributed by atoms with Gasteiger partial charge in [0.1, 0.15) is 0 Å². The predicted molar refractivity (Wildman–Crippen MR) is 65.2 cm³/mol. The first-order chi connectivity index (χ1) is 7.15. The van der Waals surface area contributed by atoms with Crippen molar-refractivity contribution >= 4 is 27.5 Å². The first kappa shape index (κ1) is 10.7. The lowest BCUT2D eigenvalue weighted by Crippen LogP contribution is -2.00. The minimum atomic E-state index is 0.708. The minimum Gasteiger partial charge on any atom is -0.268 e. The molecule has 2 nitrogen and oxygen atoms in total. The van der Waals surface area contributed by atoms with Crippen molar-refractivity contribution in [3.8, 4) is 0 Å². The fraction of sp³-hybridized carbons (Fsp3) is 0.182. The van der Waals surface area contributed by atoms with E-state index in [0.717, 1.165) is 20.8 Å². The Balaban J connectivity index is 2.24. The number of benzene rings is 1. The average Bonchev–Trinajstić information content (AvgIpc) is 2.56. The van der Waals surface area contributed by atoms with Crippen molar-refractivity contribution in [2.24, 2.45) is 0 Å². The van der Waals surface area contributed by atoms with Crippen molar-refractivity contribution in [1.29, 1.82) is 0 Å². The predicted octanol–water partition coefficient (Wildman–Crippen LogP) is 3.66. The van der Waals surface area contributed by atoms with Crippen molar-refractivity contribution in [2.75, 3.05) is 0 Å². The third kappa shape index (κ3) is 2.61. The standard InChI is InChI=1S/C11H10BrClN2/c1-8-4-5-15(14-8)7-9-2-3-10(12)6-11(9)13/h2-6H,7H2,1H3. The molecule has 0 saturated carbocycles. The van der Waals surface area contributed by atoms with Crippen LogP contribution in [-0.2, 0) is 6.54 Å². The van der Waals surface area contributed by atoms with Crippen LogP contribution in [0.15, 0.2) is 34.9 Å². The quantitative estimate of drug-likeness (QED) is 0.823. The van der Waals surface area contributed by atoms with E-state index in [1.807, 2.05) is 42.1 Å². The number of hydrogen-bond donors (Lipinski definition) is 0. The van der Waals surface area contributed by atoms with Crippen LogP contribution >= 0.6 is 27.5 Å². The van der Waals surface area contributed by atoms with Crippen LogP contribution in [0.25, 0.3) is 0 Å². The number of halogens is 2. The zero-order valence-electron chi connectivity index (χ0n) is 8.24. The second kappa shape index (κ2) is 4.37. The number of rotatable bonds is 2. The summed E-state index contributed by atoms with van der Waals surface area (Å²) in [7, 11) is 0. The molecule has 0 unspecified atom stereocenters. The zero-order valence-corrected chi connectivity index (χ0v) is 10.6. The number of aromatic nitrogens is 2. The minimum absolute atomic E-state index is 0.708. The lowest BCUT2D eigenvalue weighted by molar-refractivity contribution is 0.679. The molecule has 2 aromatic rings. The maximum atomic E-state index is 6.12. The third-order valence-electron chi connectivity index (χ3n) is 2.12. The SMILES string of the molecule is Cc1ccn(Cc2ccc(Br)cc2Cl)n1. The Labute approximate surface area is 102 Å². The highest BCUT2D eigenvalue weighted by atomic mass is 79.9. The van der Waals surface area contributed by atoms with E-state index in [9.17, 15) is 0 Å². The van der Waals surface area contributed by atoms with Gasteiger partial charge in [-0.2, -0.15) is 5.10 Å². The van der Waals surface area contributed by atoms with Gasteiger partial charge in [-0.05, 0) is 30.7 Å². The van der Waals surface area contributed by atoms with Gasteiger partial charge < -0.3 is 0 Å². The summed E-state index contributed by atoms with van der Waals surface area (Å²) in [6.07, 6.45) is 1.95. The van der Waals surface area contributed by atoms with E-state index in [1.165, 1.54) is 0 Å². The summed E-state index contributed by atoms with van der Waals surface area (Å²) in [6, 6.07) is 7.86. The van der Waals surface area contributed by atoms with E-state index in [-0.39, 0.29) is 0 Å². The Morgan fingerprint density at radius 1 is 1.40 bits per heavy atom. The molecular weight excluding hydrogens is 275 g/mol. The molecule has 2 rings (SSSR count). The van der Waals surface area contributed by atoms with Crippen LogP contribution < -0.4 is 0 Å². The van der Waals surface area contributed by atoms with Crippen LogP contribution in [0.5, 0.6) is 0 Å². The van der Waals surface area contributed by atoms with Crippen molar-refractivity contribution in [2.45, 2.75) is 13.5 Å². The summed E-state index contributed by atoms with van der Waals surface area (Å²) < 4.78 is 2.87. The maximum absolute atomic E-state index is 6.12. The molecule has 0 spiro atoms. The van der Waals surface area contributed by atoms with E-state index < -0.39 is 0 Å². The highest BCUT2D eigenvalue weighted by molar-refractivity contribution is 9.10. The first-order valence-electron chi connectivity index (χ1n) is 4.59. The smallest absolute Gasteiger partial charge is 0.0673 e. The van der Waals surface area contributed by atoms with Gasteiger partial charge in [0.2, 0.25) is 0 Å². The third-order valence-corrected chi connectivity index (χ3v) is 2.97. The van der Waals surface area contributed by atoms with Gasteiger partial charge in [-0.15, -0.1) is 0 Å². The van der Waals surface area contributed by atoms with Crippen molar-refractivity contribution in [1.82, 2.24) is 9.78 Å². The molecule has 0 aliphatic rings. The topological polar surface area (TPSA) is 17.8 Å². The molecule has 0 amide bonds. The number of aryl methyl sites for hydroxylation is 1. The molecule has 0 bridgehead atoms. The van der Waals surface area contributed by atoms with Crippen LogP contribution in [0.2, 0.25) is 5.02 Å². The van der Waals surface area contributed by atoms with Gasteiger partial charge in [-0.3, -0.25) is 4.68 Å². The van der Waals surface area contributed by atoms with E-state index >= 15 is 0 Å². The summed E-state index contributed by atoms with van der Waals surface area (Å²) in [6.45, 7) is 2.68. The van der Waals surface area contributed by atoms with Gasteiger partial charge in [-0.25, -0.2) is 0 Å². The van der Waals surface area contributed by atoms with Crippen molar-refractivity contribution in [3.63, 3.8) is 0 Å². The zero-order chi connectivity index (χ0) is 10.8. The fourth-order valence-electron chi connectivity index (χ4n) is 1.38. The molecule has 0 N–H and O–H groups in total. The lowest BCUT2D eigenvalue weighted by atomic mass is 10.2. The maximum Gasteiger partial charge on any atom is 0.0673 e. The summed E-state index contributed by atoms with van der Waals surface area (Å²) in [5.41, 5.74) is 2.09. The average molecular weight is 286 g/mol. The second-order valence-corrected chi connectivity index (χ2v) is 4.71. The second-order valence-electron chi connectivity index (χ2n) is 3.39. The monoisotopic (exact) mass is 284 g/mol. The van der Waals surface area contributed by atoms with Gasteiger partial charge in [0.25, 0.3) is 0 Å². The van der Waals surface area contributed by atoms with Crippen LogP contribution in [0, 0.1) is 6.92 Å². The van der Waals surface area contributed by atoms with E-state index in [2.05, 4.69) is 21.0 Å². The largest absolute Gasteiger partial charge is 0.268 e. The van der Waals surface area contributed by atoms with Gasteiger partial charge in [0.15, 0.2) is 0 Å². The molecular formula is C11H10BrClN2. The van der Waals surface area contributed by atoms with E-state index in [0.29, 0.717) is 6.54 Å². The van der Waals surface area contributed by atoms with E-state index in [1.54, 1.807) is 0 Å². The molecule has 0 fully saturated rings. The van der Waals surface area contributed by atoms with Crippen LogP contribution in [-0.4, -0.2) is 9.78 Å². The Morgan fingerprint density at radius 3 is 2.80 bits per heavy atom. The molecule has 1 aromatic heterocycles. The van der Waals surface area contributed by atoms with Crippen LogP contribution in [0.4, 0.5) is 0 Å². The lowest BCUT2D eigenvalue weighted by Gasteiger charge is -2.04. The summed E-state index contributed by atoms with van der Waals surface area (Å²) >= 11 is 9.49. The molecule has 78 valence electrons. The van der Waals surface area contributed by atoms with Gasteiger partial charge in [0.05, 0.1) is 12.2 Å². The number of nitrogens with zero attached hydrogens (tertiary/aromatic N) is 2. The Hall–Kier alpha value is -0.800. The highest BCUT2D eigenvalue weighted by Gasteiger charge is 2.02. The van der Waals surface area contributed by atoms with Crippen LogP contribution in [0.1, 0.15) is 11.3 Å².